The summed E-state index contributed by atoms with van der Waals surface area (Å²) in [6.07, 6.45) is 1.97. The Kier molecular flexibility index (Phi) is 3.87. The van der Waals surface area contributed by atoms with Crippen LogP contribution in [0.4, 0.5) is 0 Å². The minimum Gasteiger partial charge on any atom is -0.481 e. The van der Waals surface area contributed by atoms with Crippen LogP contribution in [-0.2, 0) is 16.1 Å². The van der Waals surface area contributed by atoms with Gasteiger partial charge in [0.05, 0.1) is 25.1 Å². The average molecular weight is 242 g/mol. The zero-order chi connectivity index (χ0) is 11.4. The molecule has 1 atom stereocenters. The summed E-state index contributed by atoms with van der Waals surface area (Å²) in [7, 11) is 0. The maximum absolute atomic E-state index is 10.7. The molecular weight excluding hydrogens is 228 g/mol. The van der Waals surface area contributed by atoms with E-state index in [9.17, 15) is 4.79 Å². The molecule has 1 saturated heterocycles. The highest BCUT2D eigenvalue weighted by Gasteiger charge is 2.25. The Bertz CT molecular complexity index is 342. The van der Waals surface area contributed by atoms with E-state index in [0.29, 0.717) is 13.2 Å². The molecule has 1 aromatic heterocycles. The summed E-state index contributed by atoms with van der Waals surface area (Å²) in [5, 5.41) is 8.82. The number of thiazole rings is 1. The van der Waals surface area contributed by atoms with Gasteiger partial charge in [-0.25, -0.2) is 0 Å². The van der Waals surface area contributed by atoms with Gasteiger partial charge in [0, 0.05) is 30.2 Å². The SMILES string of the molecule is O=C(O)CC1COCCN1Cc1cncs1. The van der Waals surface area contributed by atoms with Crippen LogP contribution in [0.5, 0.6) is 0 Å². The Labute approximate surface area is 97.7 Å². The monoisotopic (exact) mass is 242 g/mol. The Morgan fingerprint density at radius 1 is 1.75 bits per heavy atom. The Balaban J connectivity index is 1.96. The predicted molar refractivity (Wildman–Crippen MR) is 59.4 cm³/mol. The largest absolute Gasteiger partial charge is 0.481 e. The summed E-state index contributed by atoms with van der Waals surface area (Å²) in [4.78, 5) is 18.1. The van der Waals surface area contributed by atoms with Crippen LogP contribution in [0.1, 0.15) is 11.3 Å². The maximum Gasteiger partial charge on any atom is 0.305 e. The number of nitrogens with zero attached hydrogens (tertiary/aromatic N) is 2. The summed E-state index contributed by atoms with van der Waals surface area (Å²) in [5.41, 5.74) is 1.79. The van der Waals surface area contributed by atoms with Crippen LogP contribution in [-0.4, -0.2) is 46.8 Å². The Morgan fingerprint density at radius 3 is 3.31 bits per heavy atom. The van der Waals surface area contributed by atoms with Crippen LogP contribution >= 0.6 is 11.3 Å². The minimum absolute atomic E-state index is 0.0200. The molecule has 0 amide bonds. The lowest BCUT2D eigenvalue weighted by atomic mass is 10.1. The van der Waals surface area contributed by atoms with Crippen LogP contribution in [0.15, 0.2) is 11.7 Å². The first-order valence-electron chi connectivity index (χ1n) is 5.16. The van der Waals surface area contributed by atoms with Gasteiger partial charge in [-0.05, 0) is 0 Å². The number of carboxylic acid groups (broad SMARTS) is 1. The summed E-state index contributed by atoms with van der Waals surface area (Å²) >= 11 is 1.60. The summed E-state index contributed by atoms with van der Waals surface area (Å²) in [6.45, 7) is 2.74. The van der Waals surface area contributed by atoms with E-state index >= 15 is 0 Å². The van der Waals surface area contributed by atoms with Crippen molar-refractivity contribution in [2.75, 3.05) is 19.8 Å². The van der Waals surface area contributed by atoms with Crippen LogP contribution < -0.4 is 0 Å². The smallest absolute Gasteiger partial charge is 0.305 e. The van der Waals surface area contributed by atoms with Crippen molar-refractivity contribution in [3.05, 3.63) is 16.6 Å². The standard InChI is InChI=1S/C10H14N2O3S/c13-10(14)3-8-6-15-2-1-12(8)5-9-4-11-7-16-9/h4,7-8H,1-3,5-6H2,(H,13,14). The van der Waals surface area contributed by atoms with Crippen molar-refractivity contribution in [2.45, 2.75) is 19.0 Å². The lowest BCUT2D eigenvalue weighted by Crippen LogP contribution is -2.45. The number of aliphatic carboxylic acids is 1. The Hall–Kier alpha value is -0.980. The highest BCUT2D eigenvalue weighted by Crippen LogP contribution is 2.16. The van der Waals surface area contributed by atoms with Crippen molar-refractivity contribution in [1.82, 2.24) is 9.88 Å². The van der Waals surface area contributed by atoms with Gasteiger partial charge in [-0.2, -0.15) is 0 Å². The molecule has 1 aliphatic heterocycles. The summed E-state index contributed by atoms with van der Waals surface area (Å²) in [6, 6.07) is -0.0200. The van der Waals surface area contributed by atoms with Gasteiger partial charge in [-0.3, -0.25) is 14.7 Å². The number of rotatable bonds is 4. The first-order chi connectivity index (χ1) is 7.75. The van der Waals surface area contributed by atoms with Crippen molar-refractivity contribution >= 4 is 17.3 Å². The molecule has 1 aliphatic rings. The number of carboxylic acids is 1. The van der Waals surface area contributed by atoms with E-state index in [1.165, 1.54) is 0 Å². The van der Waals surface area contributed by atoms with Gasteiger partial charge in [0.2, 0.25) is 0 Å². The second kappa shape index (κ2) is 5.38. The minimum atomic E-state index is -0.773. The van der Waals surface area contributed by atoms with Crippen molar-refractivity contribution in [1.29, 1.82) is 0 Å². The fourth-order valence-corrected chi connectivity index (χ4v) is 2.43. The highest BCUT2D eigenvalue weighted by molar-refractivity contribution is 7.09. The van der Waals surface area contributed by atoms with Gasteiger partial charge in [0.1, 0.15) is 0 Å². The van der Waals surface area contributed by atoms with Crippen LogP contribution in [0.3, 0.4) is 0 Å². The molecule has 16 heavy (non-hydrogen) atoms. The fourth-order valence-electron chi connectivity index (χ4n) is 1.81. The first kappa shape index (κ1) is 11.5. The molecule has 0 radical (unpaired) electrons. The van der Waals surface area contributed by atoms with Crippen molar-refractivity contribution < 1.29 is 14.6 Å². The maximum atomic E-state index is 10.7. The normalized spacial score (nSPS) is 22.1. The van der Waals surface area contributed by atoms with Gasteiger partial charge in [-0.1, -0.05) is 0 Å². The van der Waals surface area contributed by atoms with E-state index in [4.69, 9.17) is 9.84 Å². The molecule has 0 spiro atoms. The number of ether oxygens (including phenoxy) is 1. The van der Waals surface area contributed by atoms with E-state index in [-0.39, 0.29) is 12.5 Å². The fraction of sp³-hybridized carbons (Fsp3) is 0.600. The zero-order valence-electron chi connectivity index (χ0n) is 8.83. The molecule has 5 nitrogen and oxygen atoms in total. The van der Waals surface area contributed by atoms with Crippen molar-refractivity contribution in [3.63, 3.8) is 0 Å². The quantitative estimate of drug-likeness (QED) is 0.847. The molecule has 2 heterocycles. The Morgan fingerprint density at radius 2 is 2.62 bits per heavy atom. The van der Waals surface area contributed by atoms with Gasteiger partial charge >= 0.3 is 5.97 Å². The zero-order valence-corrected chi connectivity index (χ0v) is 9.65. The van der Waals surface area contributed by atoms with Crippen molar-refractivity contribution in [3.8, 4) is 0 Å². The molecule has 0 aromatic carbocycles. The molecule has 6 heteroatoms. The van der Waals surface area contributed by atoms with Gasteiger partial charge in [-0.15, -0.1) is 11.3 Å². The van der Waals surface area contributed by atoms with E-state index in [0.717, 1.165) is 18.0 Å². The molecule has 1 unspecified atom stereocenters. The first-order valence-corrected chi connectivity index (χ1v) is 6.04. The number of morpholine rings is 1. The van der Waals surface area contributed by atoms with E-state index in [1.807, 2.05) is 6.20 Å². The second-order valence-electron chi connectivity index (χ2n) is 3.76. The molecule has 1 N–H and O–H groups in total. The molecule has 0 bridgehead atoms. The third kappa shape index (κ3) is 3.01. The predicted octanol–water partition coefficient (Wildman–Crippen LogP) is 0.819. The van der Waals surface area contributed by atoms with Crippen LogP contribution in [0.25, 0.3) is 0 Å². The number of carbonyl (C=O) groups is 1. The lowest BCUT2D eigenvalue weighted by Gasteiger charge is -2.34. The molecule has 2 rings (SSSR count). The topological polar surface area (TPSA) is 62.7 Å². The molecule has 1 aromatic rings. The van der Waals surface area contributed by atoms with E-state index in [2.05, 4.69) is 9.88 Å². The van der Waals surface area contributed by atoms with E-state index in [1.54, 1.807) is 16.8 Å². The third-order valence-electron chi connectivity index (χ3n) is 2.60. The van der Waals surface area contributed by atoms with Gasteiger partial charge < -0.3 is 9.84 Å². The molecule has 0 saturated carbocycles. The number of hydrogen-bond acceptors (Lipinski definition) is 5. The average Bonchev–Trinajstić information content (AvgIpc) is 2.73. The molecule has 1 fully saturated rings. The molecule has 0 aliphatic carbocycles. The van der Waals surface area contributed by atoms with E-state index < -0.39 is 5.97 Å². The molecule has 88 valence electrons. The lowest BCUT2D eigenvalue weighted by molar-refractivity contribution is -0.140. The number of hydrogen-bond donors (Lipinski definition) is 1. The second-order valence-corrected chi connectivity index (χ2v) is 4.74. The highest BCUT2D eigenvalue weighted by atomic mass is 32.1. The van der Waals surface area contributed by atoms with Gasteiger partial charge in [0.25, 0.3) is 0 Å². The van der Waals surface area contributed by atoms with Crippen LogP contribution in [0.2, 0.25) is 0 Å². The third-order valence-corrected chi connectivity index (χ3v) is 3.37. The summed E-state index contributed by atoms with van der Waals surface area (Å²) < 4.78 is 5.32. The molecular formula is C10H14N2O3S. The van der Waals surface area contributed by atoms with Gasteiger partial charge in [0.15, 0.2) is 0 Å². The summed E-state index contributed by atoms with van der Waals surface area (Å²) in [5.74, 6) is -0.773. The number of aromatic nitrogens is 1. The van der Waals surface area contributed by atoms with Crippen LogP contribution in [0, 0.1) is 0 Å². The van der Waals surface area contributed by atoms with Crippen molar-refractivity contribution in [2.24, 2.45) is 0 Å².